The third kappa shape index (κ3) is 3.02. The minimum atomic E-state index is 0.172. The monoisotopic (exact) mass is 316 g/mol. The molecule has 2 aromatic rings. The fraction of sp³-hybridized carbons (Fsp3) is 0.500. The summed E-state index contributed by atoms with van der Waals surface area (Å²) >= 11 is 1.73. The van der Waals surface area contributed by atoms with E-state index in [1.165, 1.54) is 5.01 Å². The standard InChI is InChI=1S/C16H20N4OS/c1-10-15(14-4-7-17-11(2)19-14)22-16(18-10)13-5-8-20(9-6-13)12(3)21/h4,7,13H,5-6,8-9H2,1-3H3. The van der Waals surface area contributed by atoms with Crippen LogP contribution in [-0.4, -0.2) is 38.8 Å². The van der Waals surface area contributed by atoms with E-state index in [4.69, 9.17) is 4.98 Å². The highest BCUT2D eigenvalue weighted by Crippen LogP contribution is 2.36. The molecule has 1 saturated heterocycles. The second-order valence-electron chi connectivity index (χ2n) is 5.74. The Morgan fingerprint density at radius 2 is 2.00 bits per heavy atom. The molecule has 0 aliphatic carbocycles. The molecule has 0 radical (unpaired) electrons. The zero-order valence-electron chi connectivity index (χ0n) is 13.2. The summed E-state index contributed by atoms with van der Waals surface area (Å²) in [5, 5.41) is 1.17. The molecule has 5 nitrogen and oxygen atoms in total. The van der Waals surface area contributed by atoms with Crippen molar-refractivity contribution in [3.63, 3.8) is 0 Å². The molecule has 22 heavy (non-hydrogen) atoms. The quantitative estimate of drug-likeness (QED) is 0.854. The molecule has 0 saturated carbocycles. The first-order valence-corrected chi connectivity index (χ1v) is 8.39. The molecular weight excluding hydrogens is 296 g/mol. The minimum absolute atomic E-state index is 0.172. The van der Waals surface area contributed by atoms with Crippen LogP contribution in [-0.2, 0) is 4.79 Å². The van der Waals surface area contributed by atoms with Gasteiger partial charge in [0.2, 0.25) is 5.91 Å². The highest BCUT2D eigenvalue weighted by Gasteiger charge is 2.25. The molecule has 0 spiro atoms. The van der Waals surface area contributed by atoms with Crippen LogP contribution in [0.2, 0.25) is 0 Å². The highest BCUT2D eigenvalue weighted by atomic mass is 32.1. The topological polar surface area (TPSA) is 59.0 Å². The SMILES string of the molecule is CC(=O)N1CCC(c2nc(C)c(-c3ccnc(C)n3)s2)CC1. The van der Waals surface area contributed by atoms with Gasteiger partial charge < -0.3 is 4.90 Å². The summed E-state index contributed by atoms with van der Waals surface area (Å²) in [6.07, 6.45) is 3.78. The largest absolute Gasteiger partial charge is 0.343 e. The number of nitrogens with zero attached hydrogens (tertiary/aromatic N) is 4. The molecular formula is C16H20N4OS. The average Bonchev–Trinajstić information content (AvgIpc) is 2.89. The van der Waals surface area contributed by atoms with Gasteiger partial charge in [-0.25, -0.2) is 15.0 Å². The lowest BCUT2D eigenvalue weighted by Crippen LogP contribution is -2.36. The van der Waals surface area contributed by atoms with Crippen molar-refractivity contribution in [2.24, 2.45) is 0 Å². The van der Waals surface area contributed by atoms with Gasteiger partial charge in [0, 0.05) is 32.1 Å². The van der Waals surface area contributed by atoms with Crippen molar-refractivity contribution < 1.29 is 4.79 Å². The zero-order valence-corrected chi connectivity index (χ0v) is 14.0. The van der Waals surface area contributed by atoms with E-state index in [1.807, 2.05) is 24.8 Å². The number of likely N-dealkylation sites (tertiary alicyclic amines) is 1. The number of hydrogen-bond donors (Lipinski definition) is 0. The number of aromatic nitrogens is 3. The van der Waals surface area contributed by atoms with Crippen molar-refractivity contribution in [1.82, 2.24) is 19.9 Å². The Balaban J connectivity index is 1.80. The molecule has 3 heterocycles. The second-order valence-corrected chi connectivity index (χ2v) is 6.77. The van der Waals surface area contributed by atoms with Crippen molar-refractivity contribution in [2.45, 2.75) is 39.5 Å². The van der Waals surface area contributed by atoms with Crippen LogP contribution in [0, 0.1) is 13.8 Å². The van der Waals surface area contributed by atoms with E-state index in [0.717, 1.165) is 48.0 Å². The lowest BCUT2D eigenvalue weighted by atomic mass is 9.97. The number of amides is 1. The van der Waals surface area contributed by atoms with E-state index in [0.29, 0.717) is 5.92 Å². The summed E-state index contributed by atoms with van der Waals surface area (Å²) in [6.45, 7) is 7.25. The van der Waals surface area contributed by atoms with Crippen LogP contribution >= 0.6 is 11.3 Å². The Labute approximate surface area is 134 Å². The van der Waals surface area contributed by atoms with Crippen LogP contribution in [0.5, 0.6) is 0 Å². The maximum absolute atomic E-state index is 11.4. The molecule has 116 valence electrons. The molecule has 6 heteroatoms. The Bertz CT molecular complexity index is 689. The summed E-state index contributed by atoms with van der Waals surface area (Å²) in [4.78, 5) is 27.9. The van der Waals surface area contributed by atoms with Crippen LogP contribution in [0.25, 0.3) is 10.6 Å². The molecule has 3 rings (SSSR count). The van der Waals surface area contributed by atoms with Crippen molar-refractivity contribution in [3.8, 4) is 10.6 Å². The maximum Gasteiger partial charge on any atom is 0.219 e. The molecule has 0 aromatic carbocycles. The summed E-state index contributed by atoms with van der Waals surface area (Å²) in [6, 6.07) is 1.94. The summed E-state index contributed by atoms with van der Waals surface area (Å²) < 4.78 is 0. The molecule has 0 N–H and O–H groups in total. The number of carbonyl (C=O) groups is 1. The fourth-order valence-electron chi connectivity index (χ4n) is 2.85. The van der Waals surface area contributed by atoms with Gasteiger partial charge in [-0.05, 0) is 32.8 Å². The molecule has 0 atom stereocenters. The van der Waals surface area contributed by atoms with Gasteiger partial charge in [0.25, 0.3) is 0 Å². The van der Waals surface area contributed by atoms with E-state index >= 15 is 0 Å². The summed E-state index contributed by atoms with van der Waals surface area (Å²) in [7, 11) is 0. The zero-order chi connectivity index (χ0) is 15.7. The number of thiazole rings is 1. The lowest BCUT2D eigenvalue weighted by molar-refractivity contribution is -0.129. The molecule has 0 bridgehead atoms. The minimum Gasteiger partial charge on any atom is -0.343 e. The van der Waals surface area contributed by atoms with Gasteiger partial charge in [0.1, 0.15) is 5.82 Å². The first kappa shape index (κ1) is 15.1. The number of rotatable bonds is 2. The fourth-order valence-corrected chi connectivity index (χ4v) is 4.06. The first-order chi connectivity index (χ1) is 10.5. The van der Waals surface area contributed by atoms with Gasteiger partial charge in [-0.1, -0.05) is 0 Å². The Morgan fingerprint density at radius 3 is 2.64 bits per heavy atom. The van der Waals surface area contributed by atoms with Gasteiger partial charge in [-0.15, -0.1) is 11.3 Å². The number of hydrogen-bond acceptors (Lipinski definition) is 5. The Hall–Kier alpha value is -1.82. The van der Waals surface area contributed by atoms with E-state index < -0.39 is 0 Å². The van der Waals surface area contributed by atoms with E-state index in [1.54, 1.807) is 24.5 Å². The molecule has 1 fully saturated rings. The van der Waals surface area contributed by atoms with Gasteiger partial charge in [0.15, 0.2) is 0 Å². The molecule has 1 aliphatic heterocycles. The van der Waals surface area contributed by atoms with Crippen LogP contribution in [0.3, 0.4) is 0 Å². The third-order valence-corrected chi connectivity index (χ3v) is 5.45. The van der Waals surface area contributed by atoms with Crippen molar-refractivity contribution in [1.29, 1.82) is 0 Å². The lowest BCUT2D eigenvalue weighted by Gasteiger charge is -2.30. The summed E-state index contributed by atoms with van der Waals surface area (Å²) in [5.41, 5.74) is 1.99. The predicted octanol–water partition coefficient (Wildman–Crippen LogP) is 2.94. The average molecular weight is 316 g/mol. The van der Waals surface area contributed by atoms with Crippen LogP contribution < -0.4 is 0 Å². The van der Waals surface area contributed by atoms with Crippen molar-refractivity contribution >= 4 is 17.2 Å². The normalized spacial score (nSPS) is 16.0. The molecule has 1 aliphatic rings. The second kappa shape index (κ2) is 6.12. The van der Waals surface area contributed by atoms with Crippen molar-refractivity contribution in [3.05, 3.63) is 28.8 Å². The van der Waals surface area contributed by atoms with Crippen LogP contribution in [0.15, 0.2) is 12.3 Å². The van der Waals surface area contributed by atoms with E-state index in [-0.39, 0.29) is 5.91 Å². The molecule has 2 aromatic heterocycles. The van der Waals surface area contributed by atoms with E-state index in [9.17, 15) is 4.79 Å². The van der Waals surface area contributed by atoms with Gasteiger partial charge >= 0.3 is 0 Å². The Kier molecular flexibility index (Phi) is 4.20. The summed E-state index contributed by atoms with van der Waals surface area (Å²) in [5.74, 6) is 1.41. The number of piperidine rings is 1. The van der Waals surface area contributed by atoms with Gasteiger partial charge in [-0.3, -0.25) is 4.79 Å². The predicted molar refractivity (Wildman–Crippen MR) is 86.8 cm³/mol. The number of carbonyl (C=O) groups excluding carboxylic acids is 1. The van der Waals surface area contributed by atoms with Crippen LogP contribution in [0.4, 0.5) is 0 Å². The Morgan fingerprint density at radius 1 is 1.27 bits per heavy atom. The van der Waals surface area contributed by atoms with Gasteiger partial charge in [-0.2, -0.15) is 0 Å². The third-order valence-electron chi connectivity index (χ3n) is 4.11. The molecule has 0 unspecified atom stereocenters. The van der Waals surface area contributed by atoms with Crippen LogP contribution in [0.1, 0.15) is 42.2 Å². The smallest absolute Gasteiger partial charge is 0.219 e. The number of aryl methyl sites for hydroxylation is 2. The first-order valence-electron chi connectivity index (χ1n) is 7.57. The molecule has 1 amide bonds. The van der Waals surface area contributed by atoms with E-state index in [2.05, 4.69) is 9.97 Å². The highest BCUT2D eigenvalue weighted by molar-refractivity contribution is 7.15. The van der Waals surface area contributed by atoms with Crippen molar-refractivity contribution in [2.75, 3.05) is 13.1 Å². The maximum atomic E-state index is 11.4. The van der Waals surface area contributed by atoms with Gasteiger partial charge in [0.05, 0.1) is 21.3 Å².